The number of hydrogen-bond acceptors (Lipinski definition) is 3. The summed E-state index contributed by atoms with van der Waals surface area (Å²) in [5.41, 5.74) is 0. The number of likely N-dealkylation sites (N-methyl/N-ethyl adjacent to an activating group) is 1. The van der Waals surface area contributed by atoms with Crippen LogP contribution in [0.3, 0.4) is 0 Å². The molecule has 3 nitrogen and oxygen atoms in total. The zero-order chi connectivity index (χ0) is 10.6. The van der Waals surface area contributed by atoms with Crippen LogP contribution in [0, 0.1) is 0 Å². The van der Waals surface area contributed by atoms with Crippen molar-refractivity contribution in [2.45, 2.75) is 26.7 Å². The van der Waals surface area contributed by atoms with Gasteiger partial charge in [-0.05, 0) is 46.4 Å². The monoisotopic (exact) mass is 202 g/mol. The molecule has 0 aromatic carbocycles. The summed E-state index contributed by atoms with van der Waals surface area (Å²) in [5.74, 6) is 0. The minimum Gasteiger partial charge on any atom is -0.380 e. The molecule has 0 radical (unpaired) electrons. The molecule has 0 amide bonds. The van der Waals surface area contributed by atoms with Gasteiger partial charge in [0.15, 0.2) is 0 Å². The van der Waals surface area contributed by atoms with Gasteiger partial charge >= 0.3 is 0 Å². The van der Waals surface area contributed by atoms with E-state index in [-0.39, 0.29) is 0 Å². The Bertz CT molecular complexity index is 109. The van der Waals surface area contributed by atoms with Gasteiger partial charge in [-0.25, -0.2) is 0 Å². The standard InChI is InChI=1S/C11H26N2O/c1-4-12-8-6-7-9-13(3)10-11-14-5-2/h12H,4-11H2,1-3H3. The fourth-order valence-electron chi connectivity index (χ4n) is 1.29. The van der Waals surface area contributed by atoms with Gasteiger partial charge in [-0.2, -0.15) is 0 Å². The summed E-state index contributed by atoms with van der Waals surface area (Å²) in [6, 6.07) is 0. The van der Waals surface area contributed by atoms with E-state index < -0.39 is 0 Å². The molecular formula is C11H26N2O. The highest BCUT2D eigenvalue weighted by molar-refractivity contribution is 4.52. The van der Waals surface area contributed by atoms with Crippen molar-refractivity contribution in [3.05, 3.63) is 0 Å². The normalized spacial score (nSPS) is 11.1. The lowest BCUT2D eigenvalue weighted by Crippen LogP contribution is -2.25. The van der Waals surface area contributed by atoms with E-state index in [1.807, 2.05) is 6.92 Å². The summed E-state index contributed by atoms with van der Waals surface area (Å²) in [7, 11) is 2.16. The number of ether oxygens (including phenoxy) is 1. The molecule has 14 heavy (non-hydrogen) atoms. The lowest BCUT2D eigenvalue weighted by molar-refractivity contribution is 0.121. The average molecular weight is 202 g/mol. The van der Waals surface area contributed by atoms with Crippen LogP contribution in [0.2, 0.25) is 0 Å². The van der Waals surface area contributed by atoms with Gasteiger partial charge in [-0.3, -0.25) is 0 Å². The van der Waals surface area contributed by atoms with E-state index in [4.69, 9.17) is 4.74 Å². The van der Waals surface area contributed by atoms with Gasteiger partial charge in [0.25, 0.3) is 0 Å². The molecule has 0 aliphatic heterocycles. The van der Waals surface area contributed by atoms with E-state index in [0.29, 0.717) is 0 Å². The van der Waals surface area contributed by atoms with Gasteiger partial charge < -0.3 is 15.0 Å². The minimum atomic E-state index is 0.828. The van der Waals surface area contributed by atoms with Gasteiger partial charge in [0.05, 0.1) is 6.61 Å². The third-order valence-electron chi connectivity index (χ3n) is 2.21. The van der Waals surface area contributed by atoms with E-state index in [2.05, 4.69) is 24.2 Å². The topological polar surface area (TPSA) is 24.5 Å². The lowest BCUT2D eigenvalue weighted by Gasteiger charge is -2.16. The molecule has 3 heteroatoms. The van der Waals surface area contributed by atoms with Crippen LogP contribution < -0.4 is 5.32 Å². The smallest absolute Gasteiger partial charge is 0.0593 e. The van der Waals surface area contributed by atoms with Gasteiger partial charge in [-0.1, -0.05) is 6.92 Å². The summed E-state index contributed by atoms with van der Waals surface area (Å²) in [5, 5.41) is 3.33. The first-order chi connectivity index (χ1) is 6.81. The number of hydrogen-bond donors (Lipinski definition) is 1. The predicted molar refractivity (Wildman–Crippen MR) is 61.8 cm³/mol. The minimum absolute atomic E-state index is 0.828. The molecule has 0 fully saturated rings. The highest BCUT2D eigenvalue weighted by Crippen LogP contribution is 1.91. The lowest BCUT2D eigenvalue weighted by atomic mass is 10.3. The van der Waals surface area contributed by atoms with Crippen LogP contribution in [0.1, 0.15) is 26.7 Å². The van der Waals surface area contributed by atoms with Crippen molar-refractivity contribution in [2.24, 2.45) is 0 Å². The van der Waals surface area contributed by atoms with Gasteiger partial charge in [0.1, 0.15) is 0 Å². The van der Waals surface area contributed by atoms with E-state index in [1.165, 1.54) is 19.4 Å². The van der Waals surface area contributed by atoms with Crippen LogP contribution in [0.15, 0.2) is 0 Å². The van der Waals surface area contributed by atoms with Crippen LogP contribution in [-0.2, 0) is 4.74 Å². The van der Waals surface area contributed by atoms with Crippen molar-refractivity contribution in [3.63, 3.8) is 0 Å². The van der Waals surface area contributed by atoms with Crippen molar-refractivity contribution < 1.29 is 4.74 Å². The van der Waals surface area contributed by atoms with Crippen molar-refractivity contribution in [2.75, 3.05) is 46.4 Å². The summed E-state index contributed by atoms with van der Waals surface area (Å²) in [4.78, 5) is 2.33. The van der Waals surface area contributed by atoms with Gasteiger partial charge in [0.2, 0.25) is 0 Å². The first-order valence-corrected chi connectivity index (χ1v) is 5.78. The fourth-order valence-corrected chi connectivity index (χ4v) is 1.29. The maximum absolute atomic E-state index is 5.30. The average Bonchev–Trinajstić information content (AvgIpc) is 2.18. The molecule has 0 saturated carbocycles. The Morgan fingerprint density at radius 3 is 2.57 bits per heavy atom. The van der Waals surface area contributed by atoms with E-state index in [1.54, 1.807) is 0 Å². The van der Waals surface area contributed by atoms with Crippen LogP contribution in [0.25, 0.3) is 0 Å². The van der Waals surface area contributed by atoms with E-state index >= 15 is 0 Å². The Hall–Kier alpha value is -0.120. The molecule has 0 bridgehead atoms. The Morgan fingerprint density at radius 1 is 1.14 bits per heavy atom. The maximum atomic E-state index is 5.30. The number of nitrogens with one attached hydrogen (secondary N) is 1. The van der Waals surface area contributed by atoms with Crippen molar-refractivity contribution in [1.29, 1.82) is 0 Å². The third-order valence-corrected chi connectivity index (χ3v) is 2.21. The molecule has 0 atom stereocenters. The van der Waals surface area contributed by atoms with Crippen LogP contribution in [0.5, 0.6) is 0 Å². The molecule has 0 unspecified atom stereocenters. The first kappa shape index (κ1) is 13.9. The molecule has 0 aliphatic carbocycles. The maximum Gasteiger partial charge on any atom is 0.0593 e. The highest BCUT2D eigenvalue weighted by atomic mass is 16.5. The molecule has 0 spiro atoms. The predicted octanol–water partition coefficient (Wildman–Crippen LogP) is 1.34. The molecule has 0 aromatic rings. The Labute approximate surface area is 88.8 Å². The van der Waals surface area contributed by atoms with Gasteiger partial charge in [-0.15, -0.1) is 0 Å². The number of unbranched alkanes of at least 4 members (excludes halogenated alkanes) is 1. The van der Waals surface area contributed by atoms with Crippen LogP contribution >= 0.6 is 0 Å². The second-order valence-corrected chi connectivity index (χ2v) is 3.56. The second-order valence-electron chi connectivity index (χ2n) is 3.56. The summed E-state index contributed by atoms with van der Waals surface area (Å²) >= 11 is 0. The molecule has 0 aliphatic rings. The SMILES string of the molecule is CCNCCCCN(C)CCOCC. The zero-order valence-electron chi connectivity index (χ0n) is 10.0. The molecule has 0 rings (SSSR count). The molecule has 0 heterocycles. The van der Waals surface area contributed by atoms with Crippen molar-refractivity contribution >= 4 is 0 Å². The first-order valence-electron chi connectivity index (χ1n) is 5.78. The van der Waals surface area contributed by atoms with E-state index in [0.717, 1.165) is 32.8 Å². The quantitative estimate of drug-likeness (QED) is 0.541. The number of rotatable bonds is 10. The highest BCUT2D eigenvalue weighted by Gasteiger charge is 1.97. The molecule has 1 N–H and O–H groups in total. The summed E-state index contributed by atoms with van der Waals surface area (Å²) in [6.45, 7) is 10.3. The Balaban J connectivity index is 3.06. The van der Waals surface area contributed by atoms with Crippen molar-refractivity contribution in [3.8, 4) is 0 Å². The van der Waals surface area contributed by atoms with Gasteiger partial charge in [0, 0.05) is 13.2 Å². The zero-order valence-corrected chi connectivity index (χ0v) is 10.0. The number of nitrogens with zero attached hydrogens (tertiary/aromatic N) is 1. The largest absolute Gasteiger partial charge is 0.380 e. The summed E-state index contributed by atoms with van der Waals surface area (Å²) < 4.78 is 5.30. The van der Waals surface area contributed by atoms with E-state index in [9.17, 15) is 0 Å². The second kappa shape index (κ2) is 11.0. The fraction of sp³-hybridized carbons (Fsp3) is 1.00. The molecular weight excluding hydrogens is 176 g/mol. The molecule has 0 aromatic heterocycles. The molecule has 86 valence electrons. The third kappa shape index (κ3) is 9.96. The van der Waals surface area contributed by atoms with Crippen LogP contribution in [-0.4, -0.2) is 51.3 Å². The van der Waals surface area contributed by atoms with Crippen molar-refractivity contribution in [1.82, 2.24) is 10.2 Å². The Kier molecular flexibility index (Phi) is 10.9. The summed E-state index contributed by atoms with van der Waals surface area (Å²) in [6.07, 6.45) is 2.54. The Morgan fingerprint density at radius 2 is 1.93 bits per heavy atom. The van der Waals surface area contributed by atoms with Crippen LogP contribution in [0.4, 0.5) is 0 Å². The molecule has 0 saturated heterocycles.